The number of nitrogen functional groups attached to an aromatic ring is 1. The highest BCUT2D eigenvalue weighted by Gasteiger charge is 2.31. The summed E-state index contributed by atoms with van der Waals surface area (Å²) in [6.07, 6.45) is -2.85. The molecule has 0 saturated carbocycles. The van der Waals surface area contributed by atoms with Gasteiger partial charge in [-0.15, -0.1) is 0 Å². The van der Waals surface area contributed by atoms with Crippen LogP contribution in [0.2, 0.25) is 0 Å². The van der Waals surface area contributed by atoms with Gasteiger partial charge < -0.3 is 10.6 Å². The highest BCUT2D eigenvalue weighted by Crippen LogP contribution is 2.33. The zero-order chi connectivity index (χ0) is 18.9. The van der Waals surface area contributed by atoms with E-state index in [4.69, 9.17) is 5.73 Å². The number of benzene rings is 2. The number of nitrogens with zero attached hydrogens (tertiary/aromatic N) is 1. The van der Waals surface area contributed by atoms with Gasteiger partial charge in [-0.3, -0.25) is 4.79 Å². The molecule has 3 rings (SSSR count). The Labute approximate surface area is 150 Å². The SMILES string of the molecule is Cc1ccc(C(=O)N2CCC(c3ccc(C(F)(F)F)cc3)CC2)cc1N. The van der Waals surface area contributed by atoms with Crippen molar-refractivity contribution in [1.29, 1.82) is 0 Å². The van der Waals surface area contributed by atoms with Crippen molar-refractivity contribution in [3.8, 4) is 0 Å². The van der Waals surface area contributed by atoms with Gasteiger partial charge in [0.1, 0.15) is 0 Å². The Balaban J connectivity index is 1.63. The van der Waals surface area contributed by atoms with Crippen molar-refractivity contribution in [2.45, 2.75) is 31.9 Å². The fourth-order valence-electron chi connectivity index (χ4n) is 3.32. The van der Waals surface area contributed by atoms with Crippen LogP contribution in [0.4, 0.5) is 18.9 Å². The Morgan fingerprint density at radius 2 is 1.69 bits per heavy atom. The van der Waals surface area contributed by atoms with Crippen molar-refractivity contribution in [2.24, 2.45) is 0 Å². The van der Waals surface area contributed by atoms with Crippen molar-refractivity contribution in [3.63, 3.8) is 0 Å². The van der Waals surface area contributed by atoms with E-state index in [0.717, 1.165) is 36.1 Å². The molecule has 0 aromatic heterocycles. The average molecular weight is 362 g/mol. The van der Waals surface area contributed by atoms with Gasteiger partial charge in [-0.05, 0) is 61.1 Å². The highest BCUT2D eigenvalue weighted by molar-refractivity contribution is 5.95. The summed E-state index contributed by atoms with van der Waals surface area (Å²) in [7, 11) is 0. The van der Waals surface area contributed by atoms with Crippen LogP contribution in [0.5, 0.6) is 0 Å². The van der Waals surface area contributed by atoms with E-state index in [1.54, 1.807) is 29.2 Å². The number of rotatable bonds is 2. The number of anilines is 1. The first-order valence-corrected chi connectivity index (χ1v) is 8.58. The monoisotopic (exact) mass is 362 g/mol. The van der Waals surface area contributed by atoms with E-state index in [1.165, 1.54) is 0 Å². The van der Waals surface area contributed by atoms with Gasteiger partial charge in [-0.1, -0.05) is 18.2 Å². The first kappa shape index (κ1) is 18.3. The second kappa shape index (κ2) is 7.02. The van der Waals surface area contributed by atoms with Crippen LogP contribution in [0.1, 0.15) is 45.8 Å². The number of carbonyl (C=O) groups excluding carboxylic acids is 1. The lowest BCUT2D eigenvalue weighted by Gasteiger charge is -2.32. The molecule has 2 aromatic carbocycles. The van der Waals surface area contributed by atoms with Crippen LogP contribution in [0, 0.1) is 6.92 Å². The van der Waals surface area contributed by atoms with Gasteiger partial charge in [0.25, 0.3) is 5.91 Å². The Hall–Kier alpha value is -2.50. The number of likely N-dealkylation sites (tertiary alicyclic amines) is 1. The van der Waals surface area contributed by atoms with Crippen LogP contribution >= 0.6 is 0 Å². The molecule has 2 aromatic rings. The van der Waals surface area contributed by atoms with Crippen LogP contribution in [-0.2, 0) is 6.18 Å². The minimum atomic E-state index is -4.32. The third-order valence-corrected chi connectivity index (χ3v) is 5.02. The summed E-state index contributed by atoms with van der Waals surface area (Å²) in [6, 6.07) is 10.6. The topological polar surface area (TPSA) is 46.3 Å². The Morgan fingerprint density at radius 3 is 2.23 bits per heavy atom. The first-order chi connectivity index (χ1) is 12.3. The van der Waals surface area contributed by atoms with E-state index in [2.05, 4.69) is 0 Å². The first-order valence-electron chi connectivity index (χ1n) is 8.58. The van der Waals surface area contributed by atoms with Gasteiger partial charge in [0.2, 0.25) is 0 Å². The van der Waals surface area contributed by atoms with Gasteiger partial charge in [0, 0.05) is 24.3 Å². The molecule has 1 heterocycles. The third kappa shape index (κ3) is 3.84. The number of piperidine rings is 1. The van der Waals surface area contributed by atoms with Crippen LogP contribution < -0.4 is 5.73 Å². The number of hydrogen-bond donors (Lipinski definition) is 1. The van der Waals surface area contributed by atoms with E-state index in [-0.39, 0.29) is 11.8 Å². The van der Waals surface area contributed by atoms with Gasteiger partial charge >= 0.3 is 6.18 Å². The molecule has 1 aliphatic heterocycles. The molecule has 0 unspecified atom stereocenters. The molecule has 138 valence electrons. The third-order valence-electron chi connectivity index (χ3n) is 5.02. The summed E-state index contributed by atoms with van der Waals surface area (Å²) in [6.45, 7) is 3.05. The maximum Gasteiger partial charge on any atom is 0.416 e. The van der Waals surface area contributed by atoms with E-state index >= 15 is 0 Å². The number of carbonyl (C=O) groups is 1. The molecule has 0 radical (unpaired) electrons. The molecule has 1 aliphatic rings. The zero-order valence-electron chi connectivity index (χ0n) is 14.5. The van der Waals surface area contributed by atoms with E-state index in [1.807, 2.05) is 13.0 Å². The molecule has 0 spiro atoms. The number of alkyl halides is 3. The van der Waals surface area contributed by atoms with E-state index in [0.29, 0.717) is 24.3 Å². The van der Waals surface area contributed by atoms with Crippen molar-refractivity contribution < 1.29 is 18.0 Å². The molecule has 6 heteroatoms. The molecular weight excluding hydrogens is 341 g/mol. The summed E-state index contributed by atoms with van der Waals surface area (Å²) < 4.78 is 38.0. The number of amides is 1. The molecule has 3 nitrogen and oxygen atoms in total. The average Bonchev–Trinajstić information content (AvgIpc) is 2.63. The fourth-order valence-corrected chi connectivity index (χ4v) is 3.32. The molecule has 0 atom stereocenters. The van der Waals surface area contributed by atoms with Crippen molar-refractivity contribution in [2.75, 3.05) is 18.8 Å². The molecule has 0 bridgehead atoms. The maximum absolute atomic E-state index is 12.7. The lowest BCUT2D eigenvalue weighted by atomic mass is 9.88. The number of aryl methyl sites for hydroxylation is 1. The minimum absolute atomic E-state index is 0.0532. The molecular formula is C20H21F3N2O. The van der Waals surface area contributed by atoms with Gasteiger partial charge in [0.15, 0.2) is 0 Å². The van der Waals surface area contributed by atoms with Crippen LogP contribution in [0.25, 0.3) is 0 Å². The summed E-state index contributed by atoms with van der Waals surface area (Å²) in [5.74, 6) is 0.118. The minimum Gasteiger partial charge on any atom is -0.398 e. The quantitative estimate of drug-likeness (QED) is 0.793. The van der Waals surface area contributed by atoms with Crippen LogP contribution in [0.3, 0.4) is 0 Å². The lowest BCUT2D eigenvalue weighted by Crippen LogP contribution is -2.38. The standard InChI is InChI=1S/C20H21F3N2O/c1-13-2-3-16(12-18(13)24)19(26)25-10-8-15(9-11-25)14-4-6-17(7-5-14)20(21,22)23/h2-7,12,15H,8-11,24H2,1H3. The van der Waals surface area contributed by atoms with Crippen LogP contribution in [-0.4, -0.2) is 23.9 Å². The smallest absolute Gasteiger partial charge is 0.398 e. The second-order valence-corrected chi connectivity index (χ2v) is 6.76. The van der Waals surface area contributed by atoms with Crippen molar-refractivity contribution in [3.05, 3.63) is 64.7 Å². The Kier molecular flexibility index (Phi) is 4.94. The number of nitrogens with two attached hydrogens (primary N) is 1. The fraction of sp³-hybridized carbons (Fsp3) is 0.350. The van der Waals surface area contributed by atoms with Crippen LogP contribution in [0.15, 0.2) is 42.5 Å². The Bertz CT molecular complexity index is 792. The predicted octanol–water partition coefficient (Wildman–Crippen LogP) is 4.62. The summed E-state index contributed by atoms with van der Waals surface area (Å²) >= 11 is 0. The summed E-state index contributed by atoms with van der Waals surface area (Å²) in [4.78, 5) is 14.4. The van der Waals surface area contributed by atoms with Gasteiger partial charge in [-0.25, -0.2) is 0 Å². The van der Waals surface area contributed by atoms with Gasteiger partial charge in [0.05, 0.1) is 5.56 Å². The van der Waals surface area contributed by atoms with E-state index in [9.17, 15) is 18.0 Å². The van der Waals surface area contributed by atoms with Crippen molar-refractivity contribution in [1.82, 2.24) is 4.90 Å². The second-order valence-electron chi connectivity index (χ2n) is 6.76. The maximum atomic E-state index is 12.7. The largest absolute Gasteiger partial charge is 0.416 e. The zero-order valence-corrected chi connectivity index (χ0v) is 14.5. The van der Waals surface area contributed by atoms with Gasteiger partial charge in [-0.2, -0.15) is 13.2 Å². The number of hydrogen-bond acceptors (Lipinski definition) is 2. The Morgan fingerprint density at radius 1 is 1.08 bits per heavy atom. The number of halogens is 3. The summed E-state index contributed by atoms with van der Waals surface area (Å²) in [5, 5.41) is 0. The lowest BCUT2D eigenvalue weighted by molar-refractivity contribution is -0.137. The molecule has 1 fully saturated rings. The van der Waals surface area contributed by atoms with E-state index < -0.39 is 11.7 Å². The highest BCUT2D eigenvalue weighted by atomic mass is 19.4. The normalized spacial score (nSPS) is 15.9. The predicted molar refractivity (Wildman–Crippen MR) is 94.9 cm³/mol. The molecule has 0 aliphatic carbocycles. The molecule has 26 heavy (non-hydrogen) atoms. The molecule has 1 saturated heterocycles. The molecule has 2 N–H and O–H groups in total. The summed E-state index contributed by atoms with van der Waals surface area (Å²) in [5.41, 5.74) is 8.23. The molecule has 1 amide bonds. The van der Waals surface area contributed by atoms with Crippen molar-refractivity contribution >= 4 is 11.6 Å².